The summed E-state index contributed by atoms with van der Waals surface area (Å²) in [5, 5.41) is 8.24. The van der Waals surface area contributed by atoms with Crippen LogP contribution in [0, 0.1) is 17.2 Å². The quantitative estimate of drug-likeness (QED) is 0.269. The topological polar surface area (TPSA) is 98.2 Å². The van der Waals surface area contributed by atoms with Crippen molar-refractivity contribution in [1.82, 2.24) is 34.8 Å². The van der Waals surface area contributed by atoms with Gasteiger partial charge >= 0.3 is 0 Å². The Morgan fingerprint density at radius 1 is 1.02 bits per heavy atom. The molecular formula is C35H55FN8O3. The van der Waals surface area contributed by atoms with Crippen LogP contribution >= 0.6 is 0 Å². The Hall–Kier alpha value is -3.38. The Morgan fingerprint density at radius 2 is 1.72 bits per heavy atom. The highest BCUT2D eigenvalue weighted by molar-refractivity contribution is 5.97. The summed E-state index contributed by atoms with van der Waals surface area (Å²) < 4.78 is 20.6. The van der Waals surface area contributed by atoms with Gasteiger partial charge in [-0.1, -0.05) is 13.8 Å². The van der Waals surface area contributed by atoms with Gasteiger partial charge in [0, 0.05) is 76.8 Å². The number of halogens is 1. The number of anilines is 1. The maximum absolute atomic E-state index is 14.4. The van der Waals surface area contributed by atoms with Crippen molar-refractivity contribution in [3.63, 3.8) is 0 Å². The summed E-state index contributed by atoms with van der Waals surface area (Å²) in [5.74, 6) is 0.918. The molecule has 0 N–H and O–H groups in total. The lowest BCUT2D eigenvalue weighted by atomic mass is 9.76. The molecule has 0 aliphatic carbocycles. The van der Waals surface area contributed by atoms with Gasteiger partial charge in [0.1, 0.15) is 17.9 Å². The predicted molar refractivity (Wildman–Crippen MR) is 182 cm³/mol. The summed E-state index contributed by atoms with van der Waals surface area (Å²) in [7, 11) is 5.70. The van der Waals surface area contributed by atoms with E-state index in [-0.39, 0.29) is 46.5 Å². The molecule has 1 aromatic heterocycles. The molecule has 0 bridgehead atoms. The molecule has 0 radical (unpaired) electrons. The largest absolute Gasteiger partial charge is 0.434 e. The third-order valence-electron chi connectivity index (χ3n) is 9.60. The predicted octanol–water partition coefficient (Wildman–Crippen LogP) is 4.79. The van der Waals surface area contributed by atoms with Crippen molar-refractivity contribution in [3.8, 4) is 11.6 Å². The van der Waals surface area contributed by atoms with Crippen LogP contribution in [0.25, 0.3) is 0 Å². The van der Waals surface area contributed by atoms with Gasteiger partial charge in [0.25, 0.3) is 11.8 Å². The fourth-order valence-electron chi connectivity index (χ4n) is 7.16. The maximum atomic E-state index is 14.4. The number of carbonyl (C=O) groups excluding carboxylic acids is 2. The molecule has 47 heavy (non-hydrogen) atoms. The smallest absolute Gasteiger partial charge is 0.282 e. The van der Waals surface area contributed by atoms with Crippen molar-refractivity contribution in [1.29, 1.82) is 0 Å². The molecule has 260 valence electrons. The number of carbonyl (C=O) groups is 2. The molecule has 2 aliphatic heterocycles. The first-order valence-corrected chi connectivity index (χ1v) is 17.1. The molecule has 4 rings (SSSR count). The van der Waals surface area contributed by atoms with Crippen molar-refractivity contribution in [2.24, 2.45) is 11.3 Å². The van der Waals surface area contributed by atoms with Crippen LogP contribution in [0.3, 0.4) is 0 Å². The highest BCUT2D eigenvalue weighted by Crippen LogP contribution is 2.44. The number of hydrogen-bond donors (Lipinski definition) is 0. The number of aromatic nitrogens is 3. The lowest BCUT2D eigenvalue weighted by Crippen LogP contribution is -2.62. The molecule has 2 amide bonds. The third kappa shape index (κ3) is 8.95. The van der Waals surface area contributed by atoms with E-state index in [0.29, 0.717) is 24.2 Å². The molecule has 1 atom stereocenters. The van der Waals surface area contributed by atoms with Gasteiger partial charge in [-0.15, -0.1) is 10.2 Å². The molecule has 0 saturated carbocycles. The van der Waals surface area contributed by atoms with E-state index in [1.54, 1.807) is 23.9 Å². The molecule has 12 heteroatoms. The van der Waals surface area contributed by atoms with Crippen LogP contribution < -0.4 is 9.64 Å². The van der Waals surface area contributed by atoms with Gasteiger partial charge in [0.2, 0.25) is 5.91 Å². The molecule has 3 heterocycles. The SMILES string of the molecule is CC(C)[C@H](CCCN(C)CCC(=O)N(C)C)N1CC2(CCN(c3ncnnc3Oc3ccc(F)cc3C(=O)N(C(C)C)C(C)C)C2)C1. The zero-order valence-corrected chi connectivity index (χ0v) is 29.9. The molecule has 11 nitrogen and oxygen atoms in total. The van der Waals surface area contributed by atoms with E-state index >= 15 is 0 Å². The standard InChI is InChI=1S/C35H55FN8O3/c1-24(2)29(11-10-16-41(9)17-14-31(45)40(7)8)43-21-35(22-43)15-18-42(20-35)32-33(39-38-23-37-32)47-30-13-12-27(36)19-28(30)34(46)44(25(3)4)26(5)6/h12-13,19,23-26,29H,10-11,14-18,20-22H2,1-9H3/t29-/m0/s1. The number of benzene rings is 1. The normalized spacial score (nSPS) is 16.8. The first-order valence-electron chi connectivity index (χ1n) is 17.1. The average Bonchev–Trinajstić information content (AvgIpc) is 3.44. The van der Waals surface area contributed by atoms with Crippen molar-refractivity contribution < 1.29 is 18.7 Å². The summed E-state index contributed by atoms with van der Waals surface area (Å²) in [6, 6.07) is 4.35. The first kappa shape index (κ1) is 36.5. The lowest BCUT2D eigenvalue weighted by Gasteiger charge is -2.53. The van der Waals surface area contributed by atoms with Crippen LogP contribution in [-0.2, 0) is 4.79 Å². The van der Waals surface area contributed by atoms with E-state index in [4.69, 9.17) is 4.74 Å². The zero-order valence-electron chi connectivity index (χ0n) is 29.9. The van der Waals surface area contributed by atoms with Crippen LogP contribution in [0.5, 0.6) is 11.6 Å². The van der Waals surface area contributed by atoms with Gasteiger partial charge in [-0.3, -0.25) is 14.5 Å². The summed E-state index contributed by atoms with van der Waals surface area (Å²) in [4.78, 5) is 40.5. The Balaban J connectivity index is 1.39. The van der Waals surface area contributed by atoms with Crippen LogP contribution in [0.4, 0.5) is 10.2 Å². The van der Waals surface area contributed by atoms with Gasteiger partial charge in [0.15, 0.2) is 5.82 Å². The Morgan fingerprint density at radius 3 is 2.36 bits per heavy atom. The molecule has 2 saturated heterocycles. The minimum Gasteiger partial charge on any atom is -0.434 e. The highest BCUT2D eigenvalue weighted by atomic mass is 19.1. The maximum Gasteiger partial charge on any atom is 0.282 e. The van der Waals surface area contributed by atoms with E-state index in [1.165, 1.54) is 24.5 Å². The van der Waals surface area contributed by atoms with Crippen LogP contribution in [0.1, 0.15) is 77.6 Å². The minimum atomic E-state index is -0.509. The molecular weight excluding hydrogens is 599 g/mol. The third-order valence-corrected chi connectivity index (χ3v) is 9.60. The van der Waals surface area contributed by atoms with E-state index < -0.39 is 5.82 Å². The number of rotatable bonds is 15. The minimum absolute atomic E-state index is 0.0724. The second-order valence-electron chi connectivity index (χ2n) is 14.6. The summed E-state index contributed by atoms with van der Waals surface area (Å²) >= 11 is 0. The van der Waals surface area contributed by atoms with Crippen molar-refractivity contribution >= 4 is 17.6 Å². The second-order valence-corrected chi connectivity index (χ2v) is 14.6. The summed E-state index contributed by atoms with van der Waals surface area (Å²) in [6.45, 7) is 17.8. The summed E-state index contributed by atoms with van der Waals surface area (Å²) in [5.41, 5.74) is 0.314. The molecule has 1 spiro atoms. The first-order chi connectivity index (χ1) is 22.2. The fraction of sp³-hybridized carbons (Fsp3) is 0.686. The van der Waals surface area contributed by atoms with E-state index in [0.717, 1.165) is 58.5 Å². The number of amides is 2. The Labute approximate surface area is 280 Å². The van der Waals surface area contributed by atoms with Gasteiger partial charge < -0.3 is 24.3 Å². The fourth-order valence-corrected chi connectivity index (χ4v) is 7.16. The number of ether oxygens (including phenoxy) is 1. The number of nitrogens with zero attached hydrogens (tertiary/aromatic N) is 8. The van der Waals surface area contributed by atoms with Crippen LogP contribution in [0.2, 0.25) is 0 Å². The zero-order chi connectivity index (χ0) is 34.5. The Kier molecular flexibility index (Phi) is 12.2. The van der Waals surface area contributed by atoms with E-state index in [9.17, 15) is 14.0 Å². The van der Waals surface area contributed by atoms with Gasteiger partial charge in [-0.25, -0.2) is 9.37 Å². The van der Waals surface area contributed by atoms with Crippen molar-refractivity contribution in [3.05, 3.63) is 35.9 Å². The molecule has 0 unspecified atom stereocenters. The van der Waals surface area contributed by atoms with Gasteiger partial charge in [-0.05, 0) is 84.7 Å². The van der Waals surface area contributed by atoms with Gasteiger partial charge in [-0.2, -0.15) is 0 Å². The highest BCUT2D eigenvalue weighted by Gasteiger charge is 2.50. The second kappa shape index (κ2) is 15.7. The Bertz CT molecular complexity index is 1360. The van der Waals surface area contributed by atoms with Gasteiger partial charge in [0.05, 0.1) is 5.56 Å². The monoisotopic (exact) mass is 654 g/mol. The molecule has 2 fully saturated rings. The number of hydrogen-bond acceptors (Lipinski definition) is 9. The van der Waals surface area contributed by atoms with Crippen LogP contribution in [0.15, 0.2) is 24.5 Å². The lowest BCUT2D eigenvalue weighted by molar-refractivity contribution is -0.128. The molecule has 1 aromatic carbocycles. The van der Waals surface area contributed by atoms with Crippen molar-refractivity contribution in [2.75, 3.05) is 65.3 Å². The van der Waals surface area contributed by atoms with E-state index in [2.05, 4.69) is 50.8 Å². The number of likely N-dealkylation sites (tertiary alicyclic amines) is 1. The summed E-state index contributed by atoms with van der Waals surface area (Å²) in [6.07, 6.45) is 5.23. The van der Waals surface area contributed by atoms with Crippen LogP contribution in [-0.4, -0.2) is 125 Å². The average molecular weight is 655 g/mol. The molecule has 2 aliphatic rings. The van der Waals surface area contributed by atoms with E-state index in [1.807, 2.05) is 27.7 Å². The molecule has 2 aromatic rings. The van der Waals surface area contributed by atoms with Crippen molar-refractivity contribution in [2.45, 2.75) is 85.4 Å².